The lowest BCUT2D eigenvalue weighted by atomic mass is 9.69. The summed E-state index contributed by atoms with van der Waals surface area (Å²) in [7, 11) is 0. The standard InChI is InChI=1S/C14H20FN/c1-14(9-5-2-6-10-14)13(16)11-7-3-4-8-12(11)15/h3-4,7-8,13H,2,5-6,9-10,16H2,1H3. The summed E-state index contributed by atoms with van der Waals surface area (Å²) >= 11 is 0. The van der Waals surface area contributed by atoms with Crippen LogP contribution in [0.25, 0.3) is 0 Å². The van der Waals surface area contributed by atoms with Crippen LogP contribution in [0.15, 0.2) is 24.3 Å². The van der Waals surface area contributed by atoms with Crippen LogP contribution >= 0.6 is 0 Å². The van der Waals surface area contributed by atoms with E-state index in [4.69, 9.17) is 5.73 Å². The highest BCUT2D eigenvalue weighted by atomic mass is 19.1. The number of rotatable bonds is 2. The van der Waals surface area contributed by atoms with Crippen LogP contribution in [0.1, 0.15) is 50.6 Å². The third-order valence-corrected chi connectivity index (χ3v) is 3.99. The molecule has 0 aromatic heterocycles. The Bertz CT molecular complexity index is 356. The van der Waals surface area contributed by atoms with Gasteiger partial charge in [0.2, 0.25) is 0 Å². The van der Waals surface area contributed by atoms with E-state index in [0.29, 0.717) is 5.56 Å². The fourth-order valence-corrected chi connectivity index (χ4v) is 2.77. The van der Waals surface area contributed by atoms with Gasteiger partial charge in [-0.05, 0) is 24.3 Å². The lowest BCUT2D eigenvalue weighted by Gasteiger charge is -2.39. The quantitative estimate of drug-likeness (QED) is 0.807. The Hall–Kier alpha value is -0.890. The molecule has 0 aliphatic heterocycles. The topological polar surface area (TPSA) is 26.0 Å². The lowest BCUT2D eigenvalue weighted by molar-refractivity contribution is 0.168. The molecule has 0 bridgehead atoms. The minimum atomic E-state index is -0.172. The molecule has 1 aliphatic rings. The van der Waals surface area contributed by atoms with Gasteiger partial charge in [0.25, 0.3) is 0 Å². The average Bonchev–Trinajstić information content (AvgIpc) is 2.30. The average molecular weight is 221 g/mol. The summed E-state index contributed by atoms with van der Waals surface area (Å²) in [4.78, 5) is 0. The second kappa shape index (κ2) is 4.54. The number of halogens is 1. The van der Waals surface area contributed by atoms with Crippen LogP contribution in [0.5, 0.6) is 0 Å². The first-order valence-electron chi connectivity index (χ1n) is 6.13. The van der Waals surface area contributed by atoms with E-state index in [9.17, 15) is 4.39 Å². The summed E-state index contributed by atoms with van der Waals surface area (Å²) in [6, 6.07) is 6.73. The lowest BCUT2D eigenvalue weighted by Crippen LogP contribution is -2.34. The van der Waals surface area contributed by atoms with Crippen molar-refractivity contribution in [1.82, 2.24) is 0 Å². The molecule has 2 rings (SSSR count). The SMILES string of the molecule is CC1(C(N)c2ccccc2F)CCCCC1. The van der Waals surface area contributed by atoms with Gasteiger partial charge in [-0.25, -0.2) is 4.39 Å². The van der Waals surface area contributed by atoms with Crippen LogP contribution < -0.4 is 5.73 Å². The molecule has 1 aromatic carbocycles. The van der Waals surface area contributed by atoms with Crippen LogP contribution in [0.2, 0.25) is 0 Å². The van der Waals surface area contributed by atoms with Gasteiger partial charge in [0.15, 0.2) is 0 Å². The van der Waals surface area contributed by atoms with E-state index in [2.05, 4.69) is 6.92 Å². The van der Waals surface area contributed by atoms with Gasteiger partial charge in [0.1, 0.15) is 5.82 Å². The van der Waals surface area contributed by atoms with Gasteiger partial charge >= 0.3 is 0 Å². The van der Waals surface area contributed by atoms with Crippen LogP contribution in [-0.2, 0) is 0 Å². The van der Waals surface area contributed by atoms with Crippen molar-refractivity contribution in [2.75, 3.05) is 0 Å². The molecule has 16 heavy (non-hydrogen) atoms. The summed E-state index contributed by atoms with van der Waals surface area (Å²) in [5.41, 5.74) is 7.01. The van der Waals surface area contributed by atoms with Gasteiger partial charge < -0.3 is 5.73 Å². The molecule has 2 N–H and O–H groups in total. The molecule has 1 aromatic rings. The zero-order valence-corrected chi connectivity index (χ0v) is 9.88. The third kappa shape index (κ3) is 2.12. The molecule has 0 spiro atoms. The fourth-order valence-electron chi connectivity index (χ4n) is 2.77. The predicted octanol–water partition coefficient (Wildman–Crippen LogP) is 3.80. The van der Waals surface area contributed by atoms with Gasteiger partial charge in [0.05, 0.1) is 0 Å². The molecule has 1 aliphatic carbocycles. The van der Waals surface area contributed by atoms with E-state index < -0.39 is 0 Å². The highest BCUT2D eigenvalue weighted by molar-refractivity contribution is 5.23. The van der Waals surface area contributed by atoms with E-state index in [1.807, 2.05) is 12.1 Å². The molecule has 0 saturated heterocycles. The molecule has 0 amide bonds. The van der Waals surface area contributed by atoms with Gasteiger partial charge in [-0.3, -0.25) is 0 Å². The minimum Gasteiger partial charge on any atom is -0.323 e. The second-order valence-corrected chi connectivity index (χ2v) is 5.21. The van der Waals surface area contributed by atoms with E-state index in [1.54, 1.807) is 6.07 Å². The molecule has 1 nitrogen and oxygen atoms in total. The third-order valence-electron chi connectivity index (χ3n) is 3.99. The van der Waals surface area contributed by atoms with Crippen LogP contribution in [0.4, 0.5) is 4.39 Å². The van der Waals surface area contributed by atoms with Crippen molar-refractivity contribution >= 4 is 0 Å². The Labute approximate surface area is 96.9 Å². The van der Waals surface area contributed by atoms with Crippen molar-refractivity contribution in [3.63, 3.8) is 0 Å². The zero-order valence-electron chi connectivity index (χ0n) is 9.88. The first-order valence-corrected chi connectivity index (χ1v) is 6.13. The van der Waals surface area contributed by atoms with Crippen LogP contribution in [0, 0.1) is 11.2 Å². The normalized spacial score (nSPS) is 21.7. The Morgan fingerprint density at radius 1 is 1.19 bits per heavy atom. The molecular formula is C14H20FN. The number of hydrogen-bond donors (Lipinski definition) is 1. The van der Waals surface area contributed by atoms with Crippen molar-refractivity contribution in [1.29, 1.82) is 0 Å². The van der Waals surface area contributed by atoms with E-state index in [1.165, 1.54) is 25.3 Å². The van der Waals surface area contributed by atoms with Crippen LogP contribution in [-0.4, -0.2) is 0 Å². The summed E-state index contributed by atoms with van der Waals surface area (Å²) < 4.78 is 13.7. The Morgan fingerprint density at radius 2 is 1.81 bits per heavy atom. The summed E-state index contributed by atoms with van der Waals surface area (Å²) in [6.45, 7) is 2.20. The Kier molecular flexibility index (Phi) is 3.29. The van der Waals surface area contributed by atoms with Crippen molar-refractivity contribution in [3.05, 3.63) is 35.6 Å². The van der Waals surface area contributed by atoms with E-state index in [-0.39, 0.29) is 17.3 Å². The minimum absolute atomic E-state index is 0.0699. The van der Waals surface area contributed by atoms with Crippen molar-refractivity contribution < 1.29 is 4.39 Å². The summed E-state index contributed by atoms with van der Waals surface area (Å²) in [5, 5.41) is 0. The smallest absolute Gasteiger partial charge is 0.127 e. The number of hydrogen-bond acceptors (Lipinski definition) is 1. The molecule has 1 atom stereocenters. The first kappa shape index (κ1) is 11.6. The zero-order chi connectivity index (χ0) is 11.6. The van der Waals surface area contributed by atoms with Gasteiger partial charge in [-0.1, -0.05) is 44.4 Å². The highest BCUT2D eigenvalue weighted by Crippen LogP contribution is 2.44. The maximum absolute atomic E-state index is 13.7. The Morgan fingerprint density at radius 3 is 2.44 bits per heavy atom. The molecule has 88 valence electrons. The van der Waals surface area contributed by atoms with E-state index >= 15 is 0 Å². The number of benzene rings is 1. The second-order valence-electron chi connectivity index (χ2n) is 5.21. The van der Waals surface area contributed by atoms with Crippen molar-refractivity contribution in [2.45, 2.75) is 45.1 Å². The predicted molar refractivity (Wildman–Crippen MR) is 64.5 cm³/mol. The molecule has 2 heteroatoms. The van der Waals surface area contributed by atoms with Crippen LogP contribution in [0.3, 0.4) is 0 Å². The summed E-state index contributed by atoms with van der Waals surface area (Å²) in [6.07, 6.45) is 5.96. The van der Waals surface area contributed by atoms with Gasteiger partial charge in [-0.2, -0.15) is 0 Å². The first-order chi connectivity index (χ1) is 7.63. The fraction of sp³-hybridized carbons (Fsp3) is 0.571. The monoisotopic (exact) mass is 221 g/mol. The molecule has 0 heterocycles. The maximum atomic E-state index is 13.7. The molecule has 0 radical (unpaired) electrons. The number of nitrogens with two attached hydrogens (primary N) is 1. The molecule has 1 saturated carbocycles. The summed E-state index contributed by atoms with van der Waals surface area (Å²) in [5.74, 6) is -0.165. The largest absolute Gasteiger partial charge is 0.323 e. The molecule has 1 fully saturated rings. The van der Waals surface area contributed by atoms with E-state index in [0.717, 1.165) is 12.8 Å². The van der Waals surface area contributed by atoms with Gasteiger partial charge in [-0.15, -0.1) is 0 Å². The Balaban J connectivity index is 2.24. The maximum Gasteiger partial charge on any atom is 0.127 e. The van der Waals surface area contributed by atoms with Crippen molar-refractivity contribution in [2.24, 2.45) is 11.1 Å². The molecule has 1 unspecified atom stereocenters. The molecular weight excluding hydrogens is 201 g/mol. The highest BCUT2D eigenvalue weighted by Gasteiger charge is 2.35. The van der Waals surface area contributed by atoms with Crippen molar-refractivity contribution in [3.8, 4) is 0 Å². The van der Waals surface area contributed by atoms with Gasteiger partial charge in [0, 0.05) is 11.6 Å².